The van der Waals surface area contributed by atoms with E-state index in [-0.39, 0.29) is 31.1 Å². The van der Waals surface area contributed by atoms with E-state index in [2.05, 4.69) is 67.8 Å². The van der Waals surface area contributed by atoms with Crippen LogP contribution in [0.1, 0.15) is 50.3 Å². The first-order chi connectivity index (χ1) is 25.3. The Kier molecular flexibility index (Phi) is 14.1. The lowest BCUT2D eigenvalue weighted by Crippen LogP contribution is -2.60. The average Bonchev–Trinajstić information content (AvgIpc) is 3.88. The zero-order chi connectivity index (χ0) is 38.5. The second-order valence-electron chi connectivity index (χ2n) is 13.1. The number of aliphatic hydroxyl groups excluding tert-OH is 1. The van der Waals surface area contributed by atoms with Crippen molar-refractivity contribution in [2.75, 3.05) is 11.9 Å². The smallest absolute Gasteiger partial charge is 0.290 e. The number of tetrazole rings is 2. The highest BCUT2D eigenvalue weighted by molar-refractivity contribution is 5.96. The highest BCUT2D eigenvalue weighted by Gasteiger charge is 2.34. The molecule has 5 atom stereocenters. The summed E-state index contributed by atoms with van der Waals surface area (Å²) >= 11 is 0. The molecule has 5 amide bonds. The van der Waals surface area contributed by atoms with Gasteiger partial charge in [-0.05, 0) is 63.2 Å². The van der Waals surface area contributed by atoms with Crippen molar-refractivity contribution in [1.29, 1.82) is 0 Å². The lowest BCUT2D eigenvalue weighted by Gasteiger charge is -2.29. The highest BCUT2D eigenvalue weighted by atomic mass is 16.3. The van der Waals surface area contributed by atoms with Crippen LogP contribution in [0.15, 0.2) is 54.6 Å². The Bertz CT molecular complexity index is 1800. The Hall–Kier alpha value is -6.15. The summed E-state index contributed by atoms with van der Waals surface area (Å²) in [5.74, 6) is -3.77. The van der Waals surface area contributed by atoms with Crippen molar-refractivity contribution in [3.05, 3.63) is 66.0 Å². The van der Waals surface area contributed by atoms with E-state index in [4.69, 9.17) is 5.73 Å². The molecule has 0 aliphatic carbocycles. The molecule has 53 heavy (non-hydrogen) atoms. The molecule has 2 aromatic carbocycles. The number of carbonyl (C=O) groups is 5. The highest BCUT2D eigenvalue weighted by Crippen LogP contribution is 2.19. The van der Waals surface area contributed by atoms with Crippen molar-refractivity contribution in [3.8, 4) is 11.4 Å². The molecule has 4 aromatic rings. The van der Waals surface area contributed by atoms with Gasteiger partial charge in [0.15, 0.2) is 11.9 Å². The summed E-state index contributed by atoms with van der Waals surface area (Å²) < 4.78 is 0. The Morgan fingerprint density at radius 2 is 1.53 bits per heavy atom. The zero-order valence-electron chi connectivity index (χ0n) is 29.6. The SMILES string of the molecule is CC(C)C[C@H](NC(=O)[C@@H](NC(=O)[C@@H](N)CNC(=O)c1nnn[nH]1)C(C)C)C(=O)N[C@@H](Cc1ccccc1)[C@@H](O)C(=O)Nc1cccc(-c2nnn[nH]2)c1. The molecule has 0 aliphatic heterocycles. The molecule has 20 nitrogen and oxygen atoms in total. The van der Waals surface area contributed by atoms with Crippen molar-refractivity contribution in [1.82, 2.24) is 62.5 Å². The van der Waals surface area contributed by atoms with Crippen molar-refractivity contribution in [2.45, 2.75) is 70.8 Å². The standard InChI is InChI=1S/C33H44N14O6/c1-17(2)13-24(38-31(51)25(18(3)4)39-29(49)22(34)16-35-33(53)28-42-46-47-43-28)30(50)37-23(14-19-9-6-5-7-10-19)26(48)32(52)36-21-12-8-11-20(15-21)27-40-44-45-41-27/h5-12,15,17-18,22-26,48H,13-14,16,34H2,1-4H3,(H,35,53)(H,36,52)(H,37,50)(H,38,51)(H,39,49)(H,40,41,44,45)(H,42,43,46,47)/t22-,23-,24-,25-,26+/m0/s1. The van der Waals surface area contributed by atoms with E-state index in [1.807, 2.05) is 19.9 Å². The van der Waals surface area contributed by atoms with Crippen molar-refractivity contribution < 1.29 is 29.1 Å². The Morgan fingerprint density at radius 3 is 2.17 bits per heavy atom. The van der Waals surface area contributed by atoms with Crippen LogP contribution < -0.4 is 32.3 Å². The minimum atomic E-state index is -1.71. The molecule has 0 unspecified atom stereocenters. The van der Waals surface area contributed by atoms with Crippen LogP contribution in [0.2, 0.25) is 0 Å². The van der Waals surface area contributed by atoms with Gasteiger partial charge in [0.05, 0.1) is 6.04 Å². The molecule has 0 spiro atoms. The number of H-pyrrole nitrogens is 2. The van der Waals surface area contributed by atoms with Crippen LogP contribution in [0.5, 0.6) is 0 Å². The van der Waals surface area contributed by atoms with E-state index in [0.717, 1.165) is 5.56 Å². The van der Waals surface area contributed by atoms with Crippen molar-refractivity contribution in [2.24, 2.45) is 17.6 Å². The molecule has 282 valence electrons. The van der Waals surface area contributed by atoms with Gasteiger partial charge < -0.3 is 37.4 Å². The Balaban J connectivity index is 1.45. The van der Waals surface area contributed by atoms with Crippen molar-refractivity contribution >= 4 is 35.2 Å². The van der Waals surface area contributed by atoms with Crippen LogP contribution >= 0.6 is 0 Å². The van der Waals surface area contributed by atoms with E-state index in [0.29, 0.717) is 17.1 Å². The van der Waals surface area contributed by atoms with Gasteiger partial charge in [-0.25, -0.2) is 10.2 Å². The number of hydrogen-bond donors (Lipinski definition) is 9. The summed E-state index contributed by atoms with van der Waals surface area (Å²) in [4.78, 5) is 66.0. The molecule has 2 aromatic heterocycles. The minimum absolute atomic E-state index is 0.0672. The number of aromatic amines is 2. The third-order valence-electron chi connectivity index (χ3n) is 7.99. The van der Waals surface area contributed by atoms with E-state index < -0.39 is 65.7 Å². The second kappa shape index (κ2) is 18.9. The second-order valence-corrected chi connectivity index (χ2v) is 13.1. The number of nitrogens with zero attached hydrogens (tertiary/aromatic N) is 6. The minimum Gasteiger partial charge on any atom is -0.381 e. The first-order valence-electron chi connectivity index (χ1n) is 16.9. The number of anilines is 1. The molecule has 10 N–H and O–H groups in total. The molecule has 0 aliphatic rings. The van der Waals surface area contributed by atoms with E-state index >= 15 is 0 Å². The molecular weight excluding hydrogens is 688 g/mol. The predicted octanol–water partition coefficient (Wildman–Crippen LogP) is -1.16. The van der Waals surface area contributed by atoms with E-state index in [1.54, 1.807) is 62.4 Å². The number of aliphatic hydroxyl groups is 1. The fraction of sp³-hybridized carbons (Fsp3) is 0.424. The quantitative estimate of drug-likeness (QED) is 0.0584. The van der Waals surface area contributed by atoms with Gasteiger partial charge in [0.25, 0.3) is 11.8 Å². The van der Waals surface area contributed by atoms with Gasteiger partial charge >= 0.3 is 0 Å². The number of carbonyl (C=O) groups excluding carboxylic acids is 5. The topological polar surface area (TPSA) is 301 Å². The molecule has 0 saturated carbocycles. The molecule has 2 heterocycles. The summed E-state index contributed by atoms with van der Waals surface area (Å²) in [7, 11) is 0. The maximum absolute atomic E-state index is 13.9. The Labute approximate surface area is 304 Å². The van der Waals surface area contributed by atoms with Gasteiger partial charge in [-0.15, -0.1) is 10.2 Å². The fourth-order valence-corrected chi connectivity index (χ4v) is 5.21. The first-order valence-corrected chi connectivity index (χ1v) is 16.9. The Morgan fingerprint density at radius 1 is 0.811 bits per heavy atom. The molecule has 0 fully saturated rings. The monoisotopic (exact) mass is 732 g/mol. The van der Waals surface area contributed by atoms with Gasteiger partial charge in [-0.3, -0.25) is 24.0 Å². The summed E-state index contributed by atoms with van der Waals surface area (Å²) in [6.07, 6.45) is -1.43. The zero-order valence-corrected chi connectivity index (χ0v) is 29.6. The summed E-state index contributed by atoms with van der Waals surface area (Å²) in [5, 5.41) is 50.6. The van der Waals surface area contributed by atoms with Crippen LogP contribution in [-0.4, -0.2) is 113 Å². The van der Waals surface area contributed by atoms with Crippen LogP contribution in [-0.2, 0) is 25.6 Å². The molecule has 0 bridgehead atoms. The maximum atomic E-state index is 13.9. The molecule has 20 heteroatoms. The number of aromatic nitrogens is 8. The lowest BCUT2D eigenvalue weighted by molar-refractivity contribution is -0.134. The van der Waals surface area contributed by atoms with Gasteiger partial charge in [-0.1, -0.05) is 70.2 Å². The third-order valence-corrected chi connectivity index (χ3v) is 7.99. The van der Waals surface area contributed by atoms with Crippen LogP contribution in [0.3, 0.4) is 0 Å². The number of benzene rings is 2. The van der Waals surface area contributed by atoms with Gasteiger partial charge in [0.2, 0.25) is 23.5 Å². The maximum Gasteiger partial charge on any atom is 0.290 e. The predicted molar refractivity (Wildman–Crippen MR) is 189 cm³/mol. The first kappa shape index (κ1) is 39.6. The average molecular weight is 733 g/mol. The lowest BCUT2D eigenvalue weighted by atomic mass is 9.97. The summed E-state index contributed by atoms with van der Waals surface area (Å²) in [6.45, 7) is 6.86. The molecular formula is C33H44N14O6. The molecule has 0 saturated heterocycles. The van der Waals surface area contributed by atoms with Crippen LogP contribution in [0, 0.1) is 11.8 Å². The largest absolute Gasteiger partial charge is 0.381 e. The molecule has 0 radical (unpaired) electrons. The number of nitrogens with one attached hydrogen (secondary N) is 7. The third kappa shape index (κ3) is 11.7. The number of amides is 5. The van der Waals surface area contributed by atoms with E-state index in [1.165, 1.54) is 0 Å². The fourth-order valence-electron chi connectivity index (χ4n) is 5.21. The normalized spacial score (nSPS) is 14.0. The summed E-state index contributed by atoms with van der Waals surface area (Å²) in [5.41, 5.74) is 7.67. The number of nitrogens with two attached hydrogens (primary N) is 1. The number of rotatable bonds is 18. The van der Waals surface area contributed by atoms with Crippen LogP contribution in [0.4, 0.5) is 5.69 Å². The van der Waals surface area contributed by atoms with Gasteiger partial charge in [0.1, 0.15) is 18.1 Å². The van der Waals surface area contributed by atoms with Gasteiger partial charge in [-0.2, -0.15) is 0 Å². The summed E-state index contributed by atoms with van der Waals surface area (Å²) in [6, 6.07) is 11.1. The van der Waals surface area contributed by atoms with E-state index in [9.17, 15) is 29.1 Å². The van der Waals surface area contributed by atoms with Crippen LogP contribution in [0.25, 0.3) is 11.4 Å². The molecule has 4 rings (SSSR count). The van der Waals surface area contributed by atoms with Crippen molar-refractivity contribution in [3.63, 3.8) is 0 Å². The number of hydrogen-bond acceptors (Lipinski definition) is 13. The van der Waals surface area contributed by atoms with Gasteiger partial charge in [0, 0.05) is 17.8 Å².